The highest BCUT2D eigenvalue weighted by Gasteiger charge is 2.14. The van der Waals surface area contributed by atoms with E-state index in [2.05, 4.69) is 15.3 Å². The molecule has 1 aromatic heterocycles. The van der Waals surface area contributed by atoms with Gasteiger partial charge >= 0.3 is 0 Å². The molecular formula is C12H14ClFN4O. The van der Waals surface area contributed by atoms with Gasteiger partial charge in [-0.1, -0.05) is 0 Å². The van der Waals surface area contributed by atoms with Crippen LogP contribution in [0.5, 0.6) is 0 Å². The number of anilines is 1. The van der Waals surface area contributed by atoms with E-state index in [1.165, 1.54) is 18.2 Å². The number of nitrogens with zero attached hydrogens (tertiary/aromatic N) is 2. The lowest BCUT2D eigenvalue weighted by Gasteiger charge is -2.27. The van der Waals surface area contributed by atoms with Crippen LogP contribution in [0.15, 0.2) is 23.0 Å². The molecule has 1 aromatic carbocycles. The van der Waals surface area contributed by atoms with Gasteiger partial charge in [0.2, 0.25) is 5.95 Å². The Balaban J connectivity index is 0.00000133. The van der Waals surface area contributed by atoms with E-state index in [1.807, 2.05) is 4.90 Å². The fourth-order valence-corrected chi connectivity index (χ4v) is 2.12. The van der Waals surface area contributed by atoms with E-state index in [4.69, 9.17) is 0 Å². The first kappa shape index (κ1) is 13.8. The Morgan fingerprint density at radius 2 is 2.00 bits per heavy atom. The molecule has 2 heterocycles. The predicted molar refractivity (Wildman–Crippen MR) is 74.7 cm³/mol. The van der Waals surface area contributed by atoms with Gasteiger partial charge in [0.1, 0.15) is 5.82 Å². The van der Waals surface area contributed by atoms with E-state index in [9.17, 15) is 9.18 Å². The minimum Gasteiger partial charge on any atom is -0.340 e. The molecule has 2 N–H and O–H groups in total. The molecule has 1 saturated heterocycles. The van der Waals surface area contributed by atoms with E-state index in [-0.39, 0.29) is 23.4 Å². The van der Waals surface area contributed by atoms with E-state index in [1.54, 1.807) is 0 Å². The molecule has 0 atom stereocenters. The highest BCUT2D eigenvalue weighted by Crippen LogP contribution is 2.13. The number of halogens is 2. The quantitative estimate of drug-likeness (QED) is 0.817. The van der Waals surface area contributed by atoms with Gasteiger partial charge in [-0.15, -0.1) is 12.4 Å². The van der Waals surface area contributed by atoms with Gasteiger partial charge in [-0.2, -0.15) is 0 Å². The summed E-state index contributed by atoms with van der Waals surface area (Å²) in [7, 11) is 0. The number of nitrogens with one attached hydrogen (secondary N) is 2. The lowest BCUT2D eigenvalue weighted by Crippen LogP contribution is -2.44. The van der Waals surface area contributed by atoms with Crippen LogP contribution in [0.4, 0.5) is 10.3 Å². The Kier molecular flexibility index (Phi) is 4.01. The summed E-state index contributed by atoms with van der Waals surface area (Å²) in [5.41, 5.74) is 0.224. The number of piperazine rings is 1. The second-order valence-corrected chi connectivity index (χ2v) is 4.29. The number of fused-ring (bicyclic) bond motifs is 1. The zero-order valence-corrected chi connectivity index (χ0v) is 11.0. The number of benzene rings is 1. The number of hydrogen-bond acceptors (Lipinski definition) is 4. The number of H-pyrrole nitrogens is 1. The fourth-order valence-electron chi connectivity index (χ4n) is 2.12. The third kappa shape index (κ3) is 2.69. The zero-order valence-electron chi connectivity index (χ0n) is 10.1. The largest absolute Gasteiger partial charge is 0.340 e. The number of aromatic amines is 1. The van der Waals surface area contributed by atoms with Crippen LogP contribution in [0.3, 0.4) is 0 Å². The summed E-state index contributed by atoms with van der Waals surface area (Å²) in [5.74, 6) is 0.130. The molecule has 2 aromatic rings. The molecule has 0 unspecified atom stereocenters. The molecule has 102 valence electrons. The standard InChI is InChI=1S/C12H13FN4O.ClH/c13-8-1-2-10-9(7-8)11(18)16-12(15-10)17-5-3-14-4-6-17;/h1-2,7,14H,3-6H2,(H,15,16,18);1H. The van der Waals surface area contributed by atoms with E-state index in [0.29, 0.717) is 11.5 Å². The molecule has 1 aliphatic heterocycles. The smallest absolute Gasteiger partial charge is 0.260 e. The summed E-state index contributed by atoms with van der Waals surface area (Å²) in [6, 6.07) is 4.06. The molecule has 0 spiro atoms. The van der Waals surface area contributed by atoms with Gasteiger partial charge < -0.3 is 10.2 Å². The Labute approximate surface area is 115 Å². The Hall–Kier alpha value is -1.66. The SMILES string of the molecule is Cl.O=c1[nH]c(N2CCNCC2)nc2ccc(F)cc12. The van der Waals surface area contributed by atoms with Crippen molar-refractivity contribution in [2.45, 2.75) is 0 Å². The molecule has 0 amide bonds. The van der Waals surface area contributed by atoms with Crippen LogP contribution in [0.1, 0.15) is 0 Å². The minimum atomic E-state index is -0.426. The average molecular weight is 285 g/mol. The summed E-state index contributed by atoms with van der Waals surface area (Å²) in [4.78, 5) is 21.0. The van der Waals surface area contributed by atoms with Gasteiger partial charge in [0.05, 0.1) is 10.9 Å². The third-order valence-corrected chi connectivity index (χ3v) is 3.07. The Morgan fingerprint density at radius 3 is 2.74 bits per heavy atom. The zero-order chi connectivity index (χ0) is 12.5. The van der Waals surface area contributed by atoms with Gasteiger partial charge in [0, 0.05) is 26.2 Å². The van der Waals surface area contributed by atoms with Gasteiger partial charge in [-0.05, 0) is 18.2 Å². The number of aromatic nitrogens is 2. The third-order valence-electron chi connectivity index (χ3n) is 3.07. The van der Waals surface area contributed by atoms with Gasteiger partial charge in [-0.25, -0.2) is 9.37 Å². The van der Waals surface area contributed by atoms with Crippen LogP contribution in [0, 0.1) is 5.82 Å². The van der Waals surface area contributed by atoms with Crippen molar-refractivity contribution in [2.75, 3.05) is 31.1 Å². The average Bonchev–Trinajstić information content (AvgIpc) is 2.40. The van der Waals surface area contributed by atoms with Crippen molar-refractivity contribution in [3.05, 3.63) is 34.4 Å². The molecule has 3 rings (SSSR count). The summed E-state index contributed by atoms with van der Waals surface area (Å²) in [6.45, 7) is 3.33. The lowest BCUT2D eigenvalue weighted by molar-refractivity contribution is 0.580. The molecule has 0 aliphatic carbocycles. The molecular weight excluding hydrogens is 271 g/mol. The van der Waals surface area contributed by atoms with Crippen molar-refractivity contribution in [2.24, 2.45) is 0 Å². The molecule has 19 heavy (non-hydrogen) atoms. The topological polar surface area (TPSA) is 61.0 Å². The summed E-state index contributed by atoms with van der Waals surface area (Å²) < 4.78 is 13.1. The maximum Gasteiger partial charge on any atom is 0.260 e. The second kappa shape index (κ2) is 5.54. The molecule has 7 heteroatoms. The van der Waals surface area contributed by atoms with E-state index >= 15 is 0 Å². The van der Waals surface area contributed by atoms with Crippen LogP contribution in [0.25, 0.3) is 10.9 Å². The van der Waals surface area contributed by atoms with Crippen molar-refractivity contribution >= 4 is 29.3 Å². The fraction of sp³-hybridized carbons (Fsp3) is 0.333. The van der Waals surface area contributed by atoms with Gasteiger partial charge in [0.25, 0.3) is 5.56 Å². The van der Waals surface area contributed by atoms with Crippen molar-refractivity contribution in [1.82, 2.24) is 15.3 Å². The van der Waals surface area contributed by atoms with Crippen molar-refractivity contribution in [1.29, 1.82) is 0 Å². The van der Waals surface area contributed by atoms with Crippen LogP contribution in [-0.2, 0) is 0 Å². The first-order valence-electron chi connectivity index (χ1n) is 5.89. The van der Waals surface area contributed by atoms with Crippen molar-refractivity contribution in [3.63, 3.8) is 0 Å². The molecule has 0 radical (unpaired) electrons. The van der Waals surface area contributed by atoms with Gasteiger partial charge in [0.15, 0.2) is 0 Å². The van der Waals surface area contributed by atoms with Crippen LogP contribution < -0.4 is 15.8 Å². The summed E-state index contributed by atoms with van der Waals surface area (Å²) in [6.07, 6.45) is 0. The van der Waals surface area contributed by atoms with E-state index < -0.39 is 5.82 Å². The predicted octanol–water partition coefficient (Wildman–Crippen LogP) is 0.894. The Bertz CT molecular complexity index is 639. The molecule has 5 nitrogen and oxygen atoms in total. The first-order valence-corrected chi connectivity index (χ1v) is 5.89. The second-order valence-electron chi connectivity index (χ2n) is 4.29. The van der Waals surface area contributed by atoms with Crippen molar-refractivity contribution in [3.8, 4) is 0 Å². The molecule has 1 aliphatic rings. The van der Waals surface area contributed by atoms with Crippen molar-refractivity contribution < 1.29 is 4.39 Å². The lowest BCUT2D eigenvalue weighted by atomic mass is 10.2. The maximum absolute atomic E-state index is 13.1. The monoisotopic (exact) mass is 284 g/mol. The van der Waals surface area contributed by atoms with Crippen LogP contribution in [-0.4, -0.2) is 36.1 Å². The highest BCUT2D eigenvalue weighted by molar-refractivity contribution is 5.85. The Morgan fingerprint density at radius 1 is 1.26 bits per heavy atom. The molecule has 0 saturated carbocycles. The van der Waals surface area contributed by atoms with E-state index in [0.717, 1.165) is 26.2 Å². The molecule has 0 bridgehead atoms. The highest BCUT2D eigenvalue weighted by atomic mass is 35.5. The molecule has 1 fully saturated rings. The minimum absolute atomic E-state index is 0. The van der Waals surface area contributed by atoms with Crippen LogP contribution in [0.2, 0.25) is 0 Å². The summed E-state index contributed by atoms with van der Waals surface area (Å²) >= 11 is 0. The van der Waals surface area contributed by atoms with Gasteiger partial charge in [-0.3, -0.25) is 9.78 Å². The normalized spacial score (nSPS) is 15.3. The summed E-state index contributed by atoms with van der Waals surface area (Å²) in [5, 5.41) is 3.52. The number of rotatable bonds is 1. The first-order chi connectivity index (χ1) is 8.74. The van der Waals surface area contributed by atoms with Crippen LogP contribution >= 0.6 is 12.4 Å². The number of hydrogen-bond donors (Lipinski definition) is 2. The maximum atomic E-state index is 13.1.